The number of nitrogens with zero attached hydrogens (tertiary/aromatic N) is 3. The molecule has 0 spiro atoms. The second-order valence-corrected chi connectivity index (χ2v) is 7.14. The summed E-state index contributed by atoms with van der Waals surface area (Å²) in [6.45, 7) is 3.48. The fourth-order valence-electron chi connectivity index (χ4n) is 1.16. The molecule has 0 aliphatic rings. The minimum Gasteiger partial charge on any atom is -0.359 e. The van der Waals surface area contributed by atoms with E-state index in [1.807, 2.05) is 0 Å². The molecule has 0 fully saturated rings. The fraction of sp³-hybridized carbons (Fsp3) is 0.857. The second-order valence-electron chi connectivity index (χ2n) is 2.83. The van der Waals surface area contributed by atoms with Crippen LogP contribution in [0.3, 0.4) is 0 Å². The Morgan fingerprint density at radius 2 is 1.71 bits per heavy atom. The van der Waals surface area contributed by atoms with E-state index in [9.17, 15) is 13.0 Å². The molecule has 0 saturated heterocycles. The highest BCUT2D eigenvalue weighted by atomic mass is 32.2. The van der Waals surface area contributed by atoms with Gasteiger partial charge in [0, 0.05) is 27.3 Å². The normalized spacial score (nSPS) is 12.5. The van der Waals surface area contributed by atoms with E-state index < -0.39 is 22.4 Å². The Hall–Kier alpha value is -0.560. The Morgan fingerprint density at radius 3 is 1.94 bits per heavy atom. The van der Waals surface area contributed by atoms with Gasteiger partial charge in [-0.15, -0.1) is 4.79 Å². The topological polar surface area (TPSA) is 109 Å². The molecule has 0 amide bonds. The third-order valence-electron chi connectivity index (χ3n) is 2.08. The van der Waals surface area contributed by atoms with Gasteiger partial charge in [-0.3, -0.25) is 0 Å². The van der Waals surface area contributed by atoms with Gasteiger partial charge in [-0.25, -0.2) is 4.57 Å². The zero-order chi connectivity index (χ0) is 13.7. The average Bonchev–Trinajstić information content (AvgIpc) is 2.30. The van der Waals surface area contributed by atoms with Gasteiger partial charge in [-0.05, 0) is 0 Å². The van der Waals surface area contributed by atoms with Gasteiger partial charge in [-0.2, -0.15) is 12.7 Å². The van der Waals surface area contributed by atoms with E-state index in [-0.39, 0.29) is 13.1 Å². The van der Waals surface area contributed by atoms with Crippen molar-refractivity contribution in [2.45, 2.75) is 13.8 Å². The molecular formula is C7H16N3O5PS. The van der Waals surface area contributed by atoms with Crippen LogP contribution in [0.4, 0.5) is 0 Å². The summed E-state index contributed by atoms with van der Waals surface area (Å²) in [6, 6.07) is 0. The lowest BCUT2D eigenvalue weighted by Crippen LogP contribution is -2.36. The number of rotatable bonds is 6. The van der Waals surface area contributed by atoms with Crippen LogP contribution in [-0.4, -0.2) is 49.6 Å². The lowest BCUT2D eigenvalue weighted by atomic mass is 10.7. The Morgan fingerprint density at radius 1 is 1.29 bits per heavy atom. The molecule has 0 aliphatic heterocycles. The van der Waals surface area contributed by atoms with Crippen molar-refractivity contribution in [3.05, 3.63) is 5.53 Å². The number of hydrogen-bond donors (Lipinski definition) is 0. The number of sulfonamides is 1. The van der Waals surface area contributed by atoms with E-state index in [1.54, 1.807) is 13.8 Å². The summed E-state index contributed by atoms with van der Waals surface area (Å²) in [5.74, 6) is 0. The highest BCUT2D eigenvalue weighted by molar-refractivity contribution is 8.17. The summed E-state index contributed by atoms with van der Waals surface area (Å²) in [5, 5.41) is 0. The highest BCUT2D eigenvalue weighted by Crippen LogP contribution is 2.49. The first-order chi connectivity index (χ1) is 7.83. The maximum atomic E-state index is 12.0. The lowest BCUT2D eigenvalue weighted by Gasteiger charge is -2.17. The summed E-state index contributed by atoms with van der Waals surface area (Å²) in [7, 11) is -6.28. The van der Waals surface area contributed by atoms with Crippen LogP contribution in [-0.2, 0) is 23.6 Å². The molecule has 0 aromatic rings. The summed E-state index contributed by atoms with van der Waals surface area (Å²) in [4.78, 5) is 1.55. The predicted molar refractivity (Wildman–Crippen MR) is 62.1 cm³/mol. The maximum Gasteiger partial charge on any atom is 0.504 e. The molecule has 0 aromatic heterocycles. The molecule has 0 aromatic carbocycles. The number of hydrogen-bond acceptors (Lipinski definition) is 5. The van der Waals surface area contributed by atoms with Crippen LogP contribution in [0.25, 0.3) is 5.53 Å². The summed E-state index contributed by atoms with van der Waals surface area (Å²) in [6.07, 6.45) is 0. The molecule has 0 bridgehead atoms. The van der Waals surface area contributed by atoms with Gasteiger partial charge >= 0.3 is 22.4 Å². The van der Waals surface area contributed by atoms with Gasteiger partial charge in [0.15, 0.2) is 0 Å². The maximum absolute atomic E-state index is 12.0. The molecule has 0 N–H and O–H groups in total. The van der Waals surface area contributed by atoms with Gasteiger partial charge in [0.25, 0.3) is 0 Å². The third kappa shape index (κ3) is 3.22. The average molecular weight is 285 g/mol. The van der Waals surface area contributed by atoms with E-state index in [2.05, 4.69) is 13.8 Å². The first-order valence-electron chi connectivity index (χ1n) is 4.78. The van der Waals surface area contributed by atoms with Crippen LogP contribution < -0.4 is 0 Å². The fourth-order valence-corrected chi connectivity index (χ4v) is 4.67. The minimum atomic E-state index is -4.18. The van der Waals surface area contributed by atoms with E-state index in [0.29, 0.717) is 0 Å². The Bertz CT molecular complexity index is 444. The Kier molecular flexibility index (Phi) is 6.18. The third-order valence-corrected chi connectivity index (χ3v) is 6.70. The molecule has 17 heavy (non-hydrogen) atoms. The smallest absolute Gasteiger partial charge is 0.359 e. The quantitative estimate of drug-likeness (QED) is 0.235. The monoisotopic (exact) mass is 285 g/mol. The van der Waals surface area contributed by atoms with Crippen molar-refractivity contribution in [2.75, 3.05) is 27.3 Å². The van der Waals surface area contributed by atoms with Crippen molar-refractivity contribution in [3.63, 3.8) is 0 Å². The molecule has 0 atom stereocenters. The molecule has 8 nitrogen and oxygen atoms in total. The summed E-state index contributed by atoms with van der Waals surface area (Å²) in [5.41, 5.74) is 8.75. The first kappa shape index (κ1) is 16.4. The van der Waals surface area contributed by atoms with E-state index >= 15 is 0 Å². The second kappa shape index (κ2) is 6.39. The molecular weight excluding hydrogens is 269 g/mol. The Labute approximate surface area is 101 Å². The van der Waals surface area contributed by atoms with Crippen molar-refractivity contribution in [1.29, 1.82) is 0 Å². The van der Waals surface area contributed by atoms with E-state index in [0.717, 1.165) is 18.5 Å². The van der Waals surface area contributed by atoms with Crippen molar-refractivity contribution in [3.8, 4) is 0 Å². The minimum absolute atomic E-state index is 0.144. The SMILES string of the molecule is CCN(CC)S(=O)(=O)C(=[N+]=[N-])P(=O)(OC)OC. The van der Waals surface area contributed by atoms with Gasteiger partial charge < -0.3 is 14.6 Å². The summed E-state index contributed by atoms with van der Waals surface area (Å²) < 4.78 is 45.9. The predicted octanol–water partition coefficient (Wildman–Crippen LogP) is 0.730. The van der Waals surface area contributed by atoms with Crippen LogP contribution in [0.5, 0.6) is 0 Å². The van der Waals surface area contributed by atoms with Crippen molar-refractivity contribution >= 4 is 22.4 Å². The molecule has 100 valence electrons. The van der Waals surface area contributed by atoms with E-state index in [4.69, 9.17) is 5.53 Å². The van der Waals surface area contributed by atoms with Gasteiger partial charge in [0.05, 0.1) is 0 Å². The molecule has 0 radical (unpaired) electrons. The lowest BCUT2D eigenvalue weighted by molar-refractivity contribution is 0.000755. The zero-order valence-corrected chi connectivity index (χ0v) is 11.9. The largest absolute Gasteiger partial charge is 0.504 e. The standard InChI is InChI=1S/C7H16N3O5PS/c1-5-10(6-2)17(12,13)7(9-8)16(11,14-3)15-4/h5-6H2,1-4H3. The van der Waals surface area contributed by atoms with Crippen molar-refractivity contribution < 1.29 is 26.8 Å². The van der Waals surface area contributed by atoms with E-state index in [1.165, 1.54) is 0 Å². The van der Waals surface area contributed by atoms with Gasteiger partial charge in [0.2, 0.25) is 0 Å². The van der Waals surface area contributed by atoms with Crippen LogP contribution in [0.15, 0.2) is 0 Å². The molecule has 0 unspecified atom stereocenters. The molecule has 10 heteroatoms. The molecule has 0 rings (SSSR count). The molecule has 0 aliphatic carbocycles. The molecule has 0 heterocycles. The van der Waals surface area contributed by atoms with Crippen molar-refractivity contribution in [1.82, 2.24) is 4.31 Å². The Balaban J connectivity index is 5.75. The summed E-state index contributed by atoms with van der Waals surface area (Å²) >= 11 is 0. The van der Waals surface area contributed by atoms with Crippen LogP contribution in [0.2, 0.25) is 0 Å². The highest BCUT2D eigenvalue weighted by Gasteiger charge is 2.51. The van der Waals surface area contributed by atoms with Crippen LogP contribution in [0, 0.1) is 0 Å². The zero-order valence-electron chi connectivity index (χ0n) is 10.2. The van der Waals surface area contributed by atoms with Crippen LogP contribution >= 0.6 is 7.60 Å². The van der Waals surface area contributed by atoms with Gasteiger partial charge in [0.1, 0.15) is 0 Å². The van der Waals surface area contributed by atoms with Gasteiger partial charge in [-0.1, -0.05) is 13.8 Å². The first-order valence-corrected chi connectivity index (χ1v) is 7.76. The van der Waals surface area contributed by atoms with Crippen LogP contribution in [0.1, 0.15) is 13.8 Å². The molecule has 0 saturated carbocycles. The van der Waals surface area contributed by atoms with Crippen molar-refractivity contribution in [2.24, 2.45) is 0 Å².